The third kappa shape index (κ3) is 3.72. The number of hydrogen-bond acceptors (Lipinski definition) is 1. The van der Waals surface area contributed by atoms with Crippen LogP contribution in [0.25, 0.3) is 6.08 Å². The highest BCUT2D eigenvalue weighted by Gasteiger charge is 2.02. The first-order valence-electron chi connectivity index (χ1n) is 6.65. The highest BCUT2D eigenvalue weighted by molar-refractivity contribution is 5.57. The van der Waals surface area contributed by atoms with Gasteiger partial charge in [-0.2, -0.15) is 0 Å². The van der Waals surface area contributed by atoms with E-state index >= 15 is 0 Å². The summed E-state index contributed by atoms with van der Waals surface area (Å²) in [5.41, 5.74) is 2.51. The zero-order valence-corrected chi connectivity index (χ0v) is 11.5. The second-order valence-corrected chi connectivity index (χ2v) is 4.69. The van der Waals surface area contributed by atoms with Crippen LogP contribution < -0.4 is 4.74 Å². The summed E-state index contributed by atoms with van der Waals surface area (Å²) in [5, 5.41) is 0. The van der Waals surface area contributed by atoms with E-state index in [2.05, 4.69) is 55.5 Å². The zero-order chi connectivity index (χ0) is 13.5. The number of benzene rings is 2. The van der Waals surface area contributed by atoms with Crippen molar-refractivity contribution in [2.45, 2.75) is 19.3 Å². The first kappa shape index (κ1) is 13.4. The van der Waals surface area contributed by atoms with Crippen molar-refractivity contribution in [3.05, 3.63) is 71.8 Å². The van der Waals surface area contributed by atoms with Gasteiger partial charge in [0.15, 0.2) is 0 Å². The Kier molecular flexibility index (Phi) is 4.79. The Balaban J connectivity index is 2.00. The van der Waals surface area contributed by atoms with Crippen molar-refractivity contribution >= 4 is 6.08 Å². The average Bonchev–Trinajstić information content (AvgIpc) is 2.48. The Bertz CT molecular complexity index is 528. The number of ether oxygens (including phenoxy) is 1. The molecule has 0 unspecified atom stereocenters. The summed E-state index contributed by atoms with van der Waals surface area (Å²) in [6.07, 6.45) is 5.38. The van der Waals surface area contributed by atoms with Gasteiger partial charge in [-0.15, -0.1) is 0 Å². The predicted octanol–water partition coefficient (Wildman–Crippen LogP) is 4.90. The van der Waals surface area contributed by atoms with Crippen LogP contribution in [0.3, 0.4) is 0 Å². The Labute approximate surface area is 115 Å². The zero-order valence-electron chi connectivity index (χ0n) is 11.5. The quantitative estimate of drug-likeness (QED) is 0.735. The Morgan fingerprint density at radius 3 is 2.42 bits per heavy atom. The van der Waals surface area contributed by atoms with E-state index in [0.29, 0.717) is 5.92 Å². The van der Waals surface area contributed by atoms with E-state index in [4.69, 9.17) is 4.74 Å². The van der Waals surface area contributed by atoms with E-state index in [-0.39, 0.29) is 0 Å². The van der Waals surface area contributed by atoms with E-state index in [1.165, 1.54) is 5.56 Å². The Morgan fingerprint density at radius 1 is 1.00 bits per heavy atom. The molecule has 98 valence electrons. The molecule has 0 bridgehead atoms. The predicted molar refractivity (Wildman–Crippen MR) is 81.5 cm³/mol. The summed E-state index contributed by atoms with van der Waals surface area (Å²) in [7, 11) is 1.71. The fourth-order valence-corrected chi connectivity index (χ4v) is 2.12. The van der Waals surface area contributed by atoms with Gasteiger partial charge < -0.3 is 4.74 Å². The summed E-state index contributed by atoms with van der Waals surface area (Å²) >= 11 is 0. The molecule has 0 aromatic heterocycles. The molecular weight excluding hydrogens is 232 g/mol. The van der Waals surface area contributed by atoms with Gasteiger partial charge in [-0.25, -0.2) is 0 Å². The fourth-order valence-electron chi connectivity index (χ4n) is 2.12. The van der Waals surface area contributed by atoms with Crippen molar-refractivity contribution in [2.75, 3.05) is 7.11 Å². The van der Waals surface area contributed by atoms with Crippen LogP contribution in [0.5, 0.6) is 5.75 Å². The molecule has 0 saturated heterocycles. The standard InChI is InChI=1S/C18H20O/c1-15(16-10-4-3-5-11-16)9-8-13-17-12-6-7-14-18(17)19-2/h3-8,10-15H,9H2,1-2H3/b13-8+/t15-/m1/s1. The molecule has 2 aromatic rings. The van der Waals surface area contributed by atoms with Gasteiger partial charge in [-0.3, -0.25) is 0 Å². The highest BCUT2D eigenvalue weighted by Crippen LogP contribution is 2.22. The average molecular weight is 252 g/mol. The van der Waals surface area contributed by atoms with Gasteiger partial charge in [0, 0.05) is 5.56 Å². The van der Waals surface area contributed by atoms with Gasteiger partial charge in [-0.1, -0.05) is 67.6 Å². The first-order valence-corrected chi connectivity index (χ1v) is 6.65. The van der Waals surface area contributed by atoms with E-state index in [1.807, 2.05) is 18.2 Å². The third-order valence-corrected chi connectivity index (χ3v) is 3.29. The van der Waals surface area contributed by atoms with E-state index in [0.717, 1.165) is 17.7 Å². The maximum Gasteiger partial charge on any atom is 0.126 e. The van der Waals surface area contributed by atoms with Crippen LogP contribution in [0.2, 0.25) is 0 Å². The molecule has 2 rings (SSSR count). The first-order chi connectivity index (χ1) is 9.31. The molecule has 2 aromatic carbocycles. The van der Waals surface area contributed by atoms with Crippen LogP contribution in [-0.2, 0) is 0 Å². The lowest BCUT2D eigenvalue weighted by Crippen LogP contribution is -1.90. The monoisotopic (exact) mass is 252 g/mol. The number of methoxy groups -OCH3 is 1. The number of allylic oxidation sites excluding steroid dienone is 1. The van der Waals surface area contributed by atoms with Gasteiger partial charge in [0.25, 0.3) is 0 Å². The molecule has 0 aliphatic heterocycles. The lowest BCUT2D eigenvalue weighted by Gasteiger charge is -2.09. The highest BCUT2D eigenvalue weighted by atomic mass is 16.5. The van der Waals surface area contributed by atoms with Gasteiger partial charge in [0.2, 0.25) is 0 Å². The van der Waals surface area contributed by atoms with E-state index in [9.17, 15) is 0 Å². The molecule has 0 N–H and O–H groups in total. The topological polar surface area (TPSA) is 9.23 Å². The lowest BCUT2D eigenvalue weighted by molar-refractivity contribution is 0.414. The molecule has 1 nitrogen and oxygen atoms in total. The molecule has 0 saturated carbocycles. The van der Waals surface area contributed by atoms with Crippen LogP contribution in [0.15, 0.2) is 60.7 Å². The molecule has 1 atom stereocenters. The molecule has 0 aliphatic carbocycles. The summed E-state index contributed by atoms with van der Waals surface area (Å²) in [5.74, 6) is 1.46. The SMILES string of the molecule is COc1ccccc1/C=C/C[C@@H](C)c1ccccc1. The van der Waals surface area contributed by atoms with Crippen molar-refractivity contribution in [2.24, 2.45) is 0 Å². The summed E-state index contributed by atoms with van der Waals surface area (Å²) in [4.78, 5) is 0. The summed E-state index contributed by atoms with van der Waals surface area (Å²) in [6.45, 7) is 2.25. The maximum absolute atomic E-state index is 5.34. The third-order valence-electron chi connectivity index (χ3n) is 3.29. The van der Waals surface area contributed by atoms with Gasteiger partial charge >= 0.3 is 0 Å². The second-order valence-electron chi connectivity index (χ2n) is 4.69. The van der Waals surface area contributed by atoms with Crippen molar-refractivity contribution < 1.29 is 4.74 Å². The molecule has 0 spiro atoms. The number of rotatable bonds is 5. The van der Waals surface area contributed by atoms with Crippen LogP contribution >= 0.6 is 0 Å². The minimum Gasteiger partial charge on any atom is -0.496 e. The minimum absolute atomic E-state index is 0.534. The van der Waals surface area contributed by atoms with Gasteiger partial charge in [-0.05, 0) is 24.0 Å². The Hall–Kier alpha value is -2.02. The Morgan fingerprint density at radius 2 is 1.68 bits per heavy atom. The fraction of sp³-hybridized carbons (Fsp3) is 0.222. The summed E-state index contributed by atoms with van der Waals surface area (Å²) in [6, 6.07) is 18.7. The van der Waals surface area contributed by atoms with Crippen LogP contribution in [0.4, 0.5) is 0 Å². The second kappa shape index (κ2) is 6.79. The molecule has 0 fully saturated rings. The lowest BCUT2D eigenvalue weighted by atomic mass is 9.97. The maximum atomic E-state index is 5.34. The van der Waals surface area contributed by atoms with Crippen molar-refractivity contribution in [1.29, 1.82) is 0 Å². The molecular formula is C18H20O. The smallest absolute Gasteiger partial charge is 0.126 e. The normalized spacial score (nSPS) is 12.5. The minimum atomic E-state index is 0.534. The summed E-state index contributed by atoms with van der Waals surface area (Å²) < 4.78 is 5.34. The van der Waals surface area contributed by atoms with Gasteiger partial charge in [0.05, 0.1) is 7.11 Å². The molecule has 0 amide bonds. The van der Waals surface area contributed by atoms with Crippen LogP contribution in [-0.4, -0.2) is 7.11 Å². The molecule has 19 heavy (non-hydrogen) atoms. The van der Waals surface area contributed by atoms with Gasteiger partial charge in [0.1, 0.15) is 5.75 Å². The van der Waals surface area contributed by atoms with Crippen LogP contribution in [0, 0.1) is 0 Å². The van der Waals surface area contributed by atoms with E-state index in [1.54, 1.807) is 7.11 Å². The van der Waals surface area contributed by atoms with E-state index < -0.39 is 0 Å². The number of hydrogen-bond donors (Lipinski definition) is 0. The molecule has 0 aliphatic rings. The van der Waals surface area contributed by atoms with Crippen molar-refractivity contribution in [1.82, 2.24) is 0 Å². The molecule has 0 radical (unpaired) electrons. The number of para-hydroxylation sites is 1. The molecule has 1 heteroatoms. The largest absolute Gasteiger partial charge is 0.496 e. The van der Waals surface area contributed by atoms with Crippen molar-refractivity contribution in [3.63, 3.8) is 0 Å². The van der Waals surface area contributed by atoms with Crippen molar-refractivity contribution in [3.8, 4) is 5.75 Å². The van der Waals surface area contributed by atoms with Crippen LogP contribution in [0.1, 0.15) is 30.4 Å². The molecule has 0 heterocycles.